The van der Waals surface area contributed by atoms with Gasteiger partial charge in [0, 0.05) is 34.6 Å². The third kappa shape index (κ3) is 3.93. The third-order valence-corrected chi connectivity index (χ3v) is 5.20. The maximum Gasteiger partial charge on any atom is 0.337 e. The van der Waals surface area contributed by atoms with E-state index in [9.17, 15) is 9.59 Å². The Labute approximate surface area is 168 Å². The van der Waals surface area contributed by atoms with Gasteiger partial charge in [0.2, 0.25) is 0 Å². The van der Waals surface area contributed by atoms with E-state index in [1.165, 1.54) is 7.11 Å². The van der Waals surface area contributed by atoms with E-state index in [0.717, 1.165) is 21.5 Å². The van der Waals surface area contributed by atoms with E-state index in [4.69, 9.17) is 10.5 Å². The maximum absolute atomic E-state index is 13.1. The molecule has 0 aliphatic carbocycles. The summed E-state index contributed by atoms with van der Waals surface area (Å²) in [6, 6.07) is 9.05. The summed E-state index contributed by atoms with van der Waals surface area (Å²) in [6.07, 6.45) is 0. The Morgan fingerprint density at radius 2 is 2.00 bits per heavy atom. The Morgan fingerprint density at radius 1 is 1.26 bits per heavy atom. The molecule has 27 heavy (non-hydrogen) atoms. The van der Waals surface area contributed by atoms with Crippen LogP contribution in [-0.4, -0.2) is 17.6 Å². The fourth-order valence-corrected chi connectivity index (χ4v) is 4.01. The molecule has 0 aliphatic rings. The van der Waals surface area contributed by atoms with Crippen molar-refractivity contribution in [1.82, 2.24) is 4.57 Å². The molecule has 0 spiro atoms. The number of nitrogens with two attached hydrogens (primary N) is 1. The van der Waals surface area contributed by atoms with Crippen molar-refractivity contribution in [3.63, 3.8) is 0 Å². The van der Waals surface area contributed by atoms with E-state index >= 15 is 0 Å². The number of carbonyl (C=O) groups is 1. The number of benzene rings is 1. The monoisotopic (exact) mass is 406 g/mol. The smallest absolute Gasteiger partial charge is 0.337 e. The van der Waals surface area contributed by atoms with Crippen molar-refractivity contribution >= 4 is 40.5 Å². The predicted octanol–water partition coefficient (Wildman–Crippen LogP) is 4.05. The summed E-state index contributed by atoms with van der Waals surface area (Å²) in [4.78, 5) is 26.1. The van der Waals surface area contributed by atoms with Gasteiger partial charge in [-0.05, 0) is 40.9 Å². The van der Waals surface area contributed by atoms with Gasteiger partial charge in [-0.1, -0.05) is 19.9 Å². The summed E-state index contributed by atoms with van der Waals surface area (Å²) >= 11 is 1.59. The van der Waals surface area contributed by atoms with Crippen LogP contribution in [0.1, 0.15) is 29.9 Å². The maximum atomic E-state index is 13.1. The number of hydrogen-bond acceptors (Lipinski definition) is 5. The lowest BCUT2D eigenvalue weighted by Gasteiger charge is -2.20. The number of esters is 1. The molecule has 7 heteroatoms. The van der Waals surface area contributed by atoms with Crippen molar-refractivity contribution in [2.24, 2.45) is 11.7 Å². The summed E-state index contributed by atoms with van der Waals surface area (Å²) < 4.78 is 6.61. The zero-order chi connectivity index (χ0) is 18.8. The first-order valence-electron chi connectivity index (χ1n) is 8.49. The fourth-order valence-electron chi connectivity index (χ4n) is 3.21. The molecule has 0 saturated carbocycles. The lowest BCUT2D eigenvalue weighted by atomic mass is 9.99. The molecular weight excluding hydrogens is 384 g/mol. The molecule has 0 saturated heterocycles. The summed E-state index contributed by atoms with van der Waals surface area (Å²) in [5.41, 5.74) is 8.12. The Hall–Kier alpha value is -2.15. The second kappa shape index (κ2) is 8.69. The number of hydrogen-bond donors (Lipinski definition) is 1. The molecular formula is C20H23ClN2O3S. The van der Waals surface area contributed by atoms with Crippen molar-refractivity contribution < 1.29 is 9.53 Å². The summed E-state index contributed by atoms with van der Waals surface area (Å²) in [5.74, 6) is -0.120. The Morgan fingerprint density at radius 3 is 2.56 bits per heavy atom. The quantitative estimate of drug-likeness (QED) is 0.648. The Bertz CT molecular complexity index is 1010. The SMILES string of the molecule is COC(=O)c1ccc2c(=O)n(CC(C)C)c(CN)c(-c3cccs3)c2c1.Cl. The standard InChI is InChI=1S/C20H22N2O3S.ClH/c1-12(2)11-22-16(10-21)18(17-5-4-8-26-17)15-9-13(20(24)25-3)6-7-14(15)19(22)23;/h4-9,12H,10-11,21H2,1-3H3;1H. The first kappa shape index (κ1) is 21.2. The normalized spacial score (nSPS) is 10.9. The molecule has 0 unspecified atom stereocenters. The molecule has 2 heterocycles. The van der Waals surface area contributed by atoms with Gasteiger partial charge in [0.1, 0.15) is 0 Å². The van der Waals surface area contributed by atoms with Crippen LogP contribution in [0.2, 0.25) is 0 Å². The number of pyridine rings is 1. The van der Waals surface area contributed by atoms with Crippen LogP contribution in [0.4, 0.5) is 0 Å². The van der Waals surface area contributed by atoms with Gasteiger partial charge in [0.05, 0.1) is 12.7 Å². The molecule has 0 radical (unpaired) electrons. The van der Waals surface area contributed by atoms with Crippen LogP contribution in [0.15, 0.2) is 40.5 Å². The molecule has 1 aromatic carbocycles. The van der Waals surface area contributed by atoms with E-state index < -0.39 is 5.97 Å². The second-order valence-corrected chi connectivity index (χ2v) is 7.51. The highest BCUT2D eigenvalue weighted by atomic mass is 35.5. The van der Waals surface area contributed by atoms with Crippen molar-refractivity contribution in [3.05, 3.63) is 57.3 Å². The minimum atomic E-state index is -0.426. The number of fused-ring (bicyclic) bond motifs is 1. The summed E-state index contributed by atoms with van der Waals surface area (Å²) in [7, 11) is 1.35. The molecule has 2 aromatic heterocycles. The van der Waals surface area contributed by atoms with Crippen molar-refractivity contribution in [2.45, 2.75) is 26.9 Å². The average molecular weight is 407 g/mol. The largest absolute Gasteiger partial charge is 0.465 e. The fraction of sp³-hybridized carbons (Fsp3) is 0.300. The van der Waals surface area contributed by atoms with E-state index in [-0.39, 0.29) is 24.5 Å². The molecule has 0 bridgehead atoms. The van der Waals surface area contributed by atoms with Gasteiger partial charge in [-0.15, -0.1) is 23.7 Å². The molecule has 0 aliphatic heterocycles. The molecule has 3 rings (SSSR count). The minimum Gasteiger partial charge on any atom is -0.465 e. The number of thiophene rings is 1. The highest BCUT2D eigenvalue weighted by Crippen LogP contribution is 2.34. The molecule has 0 fully saturated rings. The van der Waals surface area contributed by atoms with Gasteiger partial charge in [0.15, 0.2) is 0 Å². The molecule has 3 aromatic rings. The van der Waals surface area contributed by atoms with Gasteiger partial charge in [-0.3, -0.25) is 4.79 Å². The number of rotatable bonds is 5. The van der Waals surface area contributed by atoms with Crippen LogP contribution in [0.3, 0.4) is 0 Å². The topological polar surface area (TPSA) is 74.3 Å². The number of methoxy groups -OCH3 is 1. The number of aromatic nitrogens is 1. The third-order valence-electron chi connectivity index (χ3n) is 4.31. The lowest BCUT2D eigenvalue weighted by Crippen LogP contribution is -2.28. The molecule has 0 atom stereocenters. The van der Waals surface area contributed by atoms with Crippen LogP contribution in [0.25, 0.3) is 21.2 Å². The molecule has 0 amide bonds. The van der Waals surface area contributed by atoms with Gasteiger partial charge < -0.3 is 15.0 Å². The van der Waals surface area contributed by atoms with Crippen molar-refractivity contribution in [1.29, 1.82) is 0 Å². The van der Waals surface area contributed by atoms with Crippen molar-refractivity contribution in [2.75, 3.05) is 7.11 Å². The first-order valence-corrected chi connectivity index (χ1v) is 9.37. The van der Waals surface area contributed by atoms with Crippen LogP contribution in [-0.2, 0) is 17.8 Å². The highest BCUT2D eigenvalue weighted by molar-refractivity contribution is 7.13. The average Bonchev–Trinajstić information content (AvgIpc) is 3.16. The minimum absolute atomic E-state index is 0. The zero-order valence-corrected chi connectivity index (χ0v) is 17.2. The van der Waals surface area contributed by atoms with Crippen molar-refractivity contribution in [3.8, 4) is 10.4 Å². The number of halogens is 1. The van der Waals surface area contributed by atoms with Crippen LogP contribution in [0, 0.1) is 5.92 Å². The van der Waals surface area contributed by atoms with Gasteiger partial charge in [-0.2, -0.15) is 0 Å². The number of nitrogens with zero attached hydrogens (tertiary/aromatic N) is 1. The zero-order valence-electron chi connectivity index (χ0n) is 15.5. The number of ether oxygens (including phenoxy) is 1. The molecule has 5 nitrogen and oxygen atoms in total. The number of carbonyl (C=O) groups excluding carboxylic acids is 1. The Balaban J connectivity index is 0.00000261. The second-order valence-electron chi connectivity index (χ2n) is 6.56. The van der Waals surface area contributed by atoms with Gasteiger partial charge >= 0.3 is 5.97 Å². The van der Waals surface area contributed by atoms with Crippen LogP contribution >= 0.6 is 23.7 Å². The molecule has 2 N–H and O–H groups in total. The molecule has 144 valence electrons. The van der Waals surface area contributed by atoms with Gasteiger partial charge in [0.25, 0.3) is 5.56 Å². The van der Waals surface area contributed by atoms with E-state index in [1.54, 1.807) is 34.1 Å². The van der Waals surface area contributed by atoms with E-state index in [2.05, 4.69) is 13.8 Å². The summed E-state index contributed by atoms with van der Waals surface area (Å²) in [5, 5.41) is 3.31. The van der Waals surface area contributed by atoms with Crippen LogP contribution < -0.4 is 11.3 Å². The Kier molecular flexibility index (Phi) is 6.81. The van der Waals surface area contributed by atoms with Gasteiger partial charge in [-0.25, -0.2) is 4.79 Å². The van der Waals surface area contributed by atoms with E-state index in [1.807, 2.05) is 17.5 Å². The first-order chi connectivity index (χ1) is 12.5. The van der Waals surface area contributed by atoms with E-state index in [0.29, 0.717) is 23.4 Å². The lowest BCUT2D eigenvalue weighted by molar-refractivity contribution is 0.0601. The predicted molar refractivity (Wildman–Crippen MR) is 113 cm³/mol. The van der Waals surface area contributed by atoms with Crippen LogP contribution in [0.5, 0.6) is 0 Å². The highest BCUT2D eigenvalue weighted by Gasteiger charge is 2.20. The summed E-state index contributed by atoms with van der Waals surface area (Å²) in [6.45, 7) is 4.98.